The number of rotatable bonds is 2. The number of carboxylic acid groups (broad SMARTS) is 1. The zero-order valence-corrected chi connectivity index (χ0v) is 8.93. The number of para-hydroxylation sites is 1. The minimum Gasteiger partial charge on any atom is -0.478 e. The molecule has 1 amide bonds. The molecule has 1 aliphatic heterocycles. The number of fused-ring (bicyclic) bond motifs is 1. The largest absolute Gasteiger partial charge is 0.478 e. The van der Waals surface area contributed by atoms with Crippen molar-refractivity contribution in [1.29, 1.82) is 0 Å². The van der Waals surface area contributed by atoms with Gasteiger partial charge in [0.1, 0.15) is 0 Å². The second-order valence-electron chi connectivity index (χ2n) is 3.61. The Morgan fingerprint density at radius 1 is 1.59 bits per heavy atom. The molecule has 0 bridgehead atoms. The Kier molecular flexibility index (Phi) is 2.71. The topological polar surface area (TPSA) is 69.6 Å². The summed E-state index contributed by atoms with van der Waals surface area (Å²) in [5.41, 5.74) is 1.02. The molecule has 0 saturated carbocycles. The van der Waals surface area contributed by atoms with Crippen LogP contribution in [0, 0.1) is 12.3 Å². The summed E-state index contributed by atoms with van der Waals surface area (Å²) in [5, 5.41) is 11.6. The standard InChI is InChI=1S/C12H10N2O3/c1-2-6-14-7-10(15)13-11-8(12(16)17)4-3-5-9(11)14/h1,3-5H,6-7H2,(H,13,15)(H,16,17). The smallest absolute Gasteiger partial charge is 0.337 e. The molecule has 1 aromatic carbocycles. The highest BCUT2D eigenvalue weighted by Gasteiger charge is 2.25. The van der Waals surface area contributed by atoms with E-state index in [2.05, 4.69) is 11.2 Å². The van der Waals surface area contributed by atoms with E-state index in [1.807, 2.05) is 0 Å². The first-order valence-corrected chi connectivity index (χ1v) is 4.98. The highest BCUT2D eigenvalue weighted by atomic mass is 16.4. The molecule has 5 heteroatoms. The van der Waals surface area contributed by atoms with E-state index in [1.165, 1.54) is 6.07 Å². The molecule has 0 atom stereocenters. The lowest BCUT2D eigenvalue weighted by Crippen LogP contribution is -2.39. The molecule has 0 aromatic heterocycles. The van der Waals surface area contributed by atoms with Gasteiger partial charge in [-0.3, -0.25) is 4.79 Å². The first kappa shape index (κ1) is 11.0. The fourth-order valence-corrected chi connectivity index (χ4v) is 1.80. The highest BCUT2D eigenvalue weighted by Crippen LogP contribution is 2.32. The van der Waals surface area contributed by atoms with Crippen molar-refractivity contribution in [2.75, 3.05) is 23.3 Å². The molecule has 2 rings (SSSR count). The van der Waals surface area contributed by atoms with Crippen molar-refractivity contribution in [2.24, 2.45) is 0 Å². The molecule has 0 aliphatic carbocycles. The van der Waals surface area contributed by atoms with Crippen LogP contribution in [0.3, 0.4) is 0 Å². The summed E-state index contributed by atoms with van der Waals surface area (Å²) in [4.78, 5) is 24.2. The Morgan fingerprint density at radius 3 is 3.00 bits per heavy atom. The number of anilines is 2. The van der Waals surface area contributed by atoms with E-state index in [-0.39, 0.29) is 24.6 Å². The quantitative estimate of drug-likeness (QED) is 0.736. The second-order valence-corrected chi connectivity index (χ2v) is 3.61. The van der Waals surface area contributed by atoms with Crippen LogP contribution in [0.25, 0.3) is 0 Å². The van der Waals surface area contributed by atoms with Gasteiger partial charge in [-0.25, -0.2) is 4.79 Å². The van der Waals surface area contributed by atoms with Crippen LogP contribution in [0.4, 0.5) is 11.4 Å². The zero-order chi connectivity index (χ0) is 12.4. The van der Waals surface area contributed by atoms with Gasteiger partial charge in [0, 0.05) is 0 Å². The number of aromatic carboxylic acids is 1. The van der Waals surface area contributed by atoms with Gasteiger partial charge in [-0.15, -0.1) is 6.42 Å². The maximum absolute atomic E-state index is 11.5. The van der Waals surface area contributed by atoms with Crippen molar-refractivity contribution in [3.05, 3.63) is 23.8 Å². The molecular formula is C12H10N2O3. The molecule has 86 valence electrons. The van der Waals surface area contributed by atoms with Gasteiger partial charge in [-0.1, -0.05) is 12.0 Å². The molecule has 0 unspecified atom stereocenters. The van der Waals surface area contributed by atoms with Gasteiger partial charge in [0.15, 0.2) is 0 Å². The van der Waals surface area contributed by atoms with E-state index in [0.717, 1.165) is 0 Å². The van der Waals surface area contributed by atoms with Crippen LogP contribution in [0.15, 0.2) is 18.2 Å². The summed E-state index contributed by atoms with van der Waals surface area (Å²) in [6.07, 6.45) is 5.22. The molecule has 1 heterocycles. The van der Waals surface area contributed by atoms with Crippen LogP contribution in [0.1, 0.15) is 10.4 Å². The number of benzene rings is 1. The minimum absolute atomic E-state index is 0.0672. The van der Waals surface area contributed by atoms with Gasteiger partial charge in [0.25, 0.3) is 0 Å². The Hall–Kier alpha value is -2.48. The summed E-state index contributed by atoms with van der Waals surface area (Å²) in [5.74, 6) is 1.10. The van der Waals surface area contributed by atoms with Gasteiger partial charge in [-0.05, 0) is 12.1 Å². The van der Waals surface area contributed by atoms with Crippen LogP contribution >= 0.6 is 0 Å². The minimum atomic E-state index is -1.08. The molecule has 0 radical (unpaired) electrons. The Morgan fingerprint density at radius 2 is 2.35 bits per heavy atom. The molecule has 0 saturated heterocycles. The number of hydrogen-bond donors (Lipinski definition) is 2. The van der Waals surface area contributed by atoms with E-state index in [1.54, 1.807) is 17.0 Å². The van der Waals surface area contributed by atoms with Crippen molar-refractivity contribution in [3.63, 3.8) is 0 Å². The second kappa shape index (κ2) is 4.18. The average molecular weight is 230 g/mol. The molecule has 5 nitrogen and oxygen atoms in total. The molecule has 1 aliphatic rings. The summed E-state index contributed by atoms with van der Waals surface area (Å²) in [6, 6.07) is 4.81. The first-order chi connectivity index (χ1) is 8.13. The third kappa shape index (κ3) is 1.93. The van der Waals surface area contributed by atoms with E-state index in [0.29, 0.717) is 11.4 Å². The Bertz CT molecular complexity index is 531. The number of nitrogens with one attached hydrogen (secondary N) is 1. The van der Waals surface area contributed by atoms with E-state index >= 15 is 0 Å². The molecule has 1 aromatic rings. The first-order valence-electron chi connectivity index (χ1n) is 4.98. The number of carboxylic acids is 1. The number of terminal acetylenes is 1. The lowest BCUT2D eigenvalue weighted by Gasteiger charge is -2.30. The fraction of sp³-hybridized carbons (Fsp3) is 0.167. The van der Waals surface area contributed by atoms with E-state index < -0.39 is 5.97 Å². The summed E-state index contributed by atoms with van der Waals surface area (Å²) >= 11 is 0. The number of amides is 1. The molecule has 2 N–H and O–H groups in total. The highest BCUT2D eigenvalue weighted by molar-refractivity contribution is 6.08. The molecule has 0 spiro atoms. The number of nitrogens with zero attached hydrogens (tertiary/aromatic N) is 1. The Labute approximate surface area is 98.0 Å². The van der Waals surface area contributed by atoms with Crippen molar-refractivity contribution in [1.82, 2.24) is 0 Å². The third-order valence-electron chi connectivity index (χ3n) is 2.49. The van der Waals surface area contributed by atoms with Crippen LogP contribution in [-0.4, -0.2) is 30.1 Å². The normalized spacial score (nSPS) is 13.6. The van der Waals surface area contributed by atoms with Crippen molar-refractivity contribution >= 4 is 23.3 Å². The third-order valence-corrected chi connectivity index (χ3v) is 2.49. The Balaban J connectivity index is 2.54. The van der Waals surface area contributed by atoms with Crippen LogP contribution < -0.4 is 10.2 Å². The van der Waals surface area contributed by atoms with Gasteiger partial charge in [0.2, 0.25) is 5.91 Å². The lowest BCUT2D eigenvalue weighted by molar-refractivity contribution is -0.115. The van der Waals surface area contributed by atoms with Gasteiger partial charge in [0.05, 0.1) is 30.0 Å². The van der Waals surface area contributed by atoms with Crippen molar-refractivity contribution in [2.45, 2.75) is 0 Å². The SMILES string of the molecule is C#CCN1CC(=O)Nc2c(C(=O)O)cccc21. The summed E-state index contributed by atoms with van der Waals surface area (Å²) in [7, 11) is 0. The summed E-state index contributed by atoms with van der Waals surface area (Å²) < 4.78 is 0. The van der Waals surface area contributed by atoms with Crippen molar-refractivity contribution < 1.29 is 14.7 Å². The number of hydrogen-bond acceptors (Lipinski definition) is 3. The summed E-state index contributed by atoms with van der Waals surface area (Å²) in [6.45, 7) is 0.407. The molecule has 0 fully saturated rings. The van der Waals surface area contributed by atoms with Crippen LogP contribution in [0.5, 0.6) is 0 Å². The van der Waals surface area contributed by atoms with Gasteiger partial charge in [-0.2, -0.15) is 0 Å². The van der Waals surface area contributed by atoms with E-state index in [9.17, 15) is 9.59 Å². The predicted octanol–water partition coefficient (Wildman–Crippen LogP) is 0.776. The van der Waals surface area contributed by atoms with Gasteiger partial charge >= 0.3 is 5.97 Å². The zero-order valence-electron chi connectivity index (χ0n) is 8.93. The number of carbonyl (C=O) groups excluding carboxylic acids is 1. The fourth-order valence-electron chi connectivity index (χ4n) is 1.80. The van der Waals surface area contributed by atoms with Crippen LogP contribution in [0.2, 0.25) is 0 Å². The van der Waals surface area contributed by atoms with Crippen molar-refractivity contribution in [3.8, 4) is 12.3 Å². The van der Waals surface area contributed by atoms with Crippen LogP contribution in [-0.2, 0) is 4.79 Å². The lowest BCUT2D eigenvalue weighted by atomic mass is 10.1. The predicted molar refractivity (Wildman–Crippen MR) is 63.1 cm³/mol. The maximum atomic E-state index is 11.5. The maximum Gasteiger partial charge on any atom is 0.337 e. The molecule has 17 heavy (non-hydrogen) atoms. The molecular weight excluding hydrogens is 220 g/mol. The van der Waals surface area contributed by atoms with E-state index in [4.69, 9.17) is 11.5 Å². The average Bonchev–Trinajstić information content (AvgIpc) is 2.28. The van der Waals surface area contributed by atoms with Gasteiger partial charge < -0.3 is 15.3 Å². The monoisotopic (exact) mass is 230 g/mol. The number of carbonyl (C=O) groups is 2.